The molecule has 0 atom stereocenters. The van der Waals surface area contributed by atoms with Gasteiger partial charge in [-0.05, 0) is 69.9 Å². The highest BCUT2D eigenvalue weighted by atomic mass is 16.6. The van der Waals surface area contributed by atoms with Crippen LogP contribution < -0.4 is 4.74 Å². The Hall–Kier alpha value is -4.14. The summed E-state index contributed by atoms with van der Waals surface area (Å²) >= 11 is 0. The molecule has 9 heteroatoms. The molecule has 216 valence electrons. The van der Waals surface area contributed by atoms with Gasteiger partial charge >= 0.3 is 12.2 Å². The lowest BCUT2D eigenvalue weighted by Crippen LogP contribution is -2.54. The minimum absolute atomic E-state index is 0.198. The third-order valence-electron chi connectivity index (χ3n) is 7.54. The maximum Gasteiger partial charge on any atom is 0.410 e. The Morgan fingerprint density at radius 2 is 1.71 bits per heavy atom. The molecule has 41 heavy (non-hydrogen) atoms. The molecule has 3 aromatic rings. The van der Waals surface area contributed by atoms with E-state index in [1.165, 1.54) is 0 Å². The van der Waals surface area contributed by atoms with Gasteiger partial charge in [-0.15, -0.1) is 0 Å². The molecule has 1 spiro atoms. The molecule has 1 aromatic carbocycles. The van der Waals surface area contributed by atoms with Gasteiger partial charge in [0.05, 0.1) is 30.1 Å². The molecular weight excluding hydrogens is 520 g/mol. The monoisotopic (exact) mass is 558 g/mol. The van der Waals surface area contributed by atoms with E-state index in [1.807, 2.05) is 76.2 Å². The van der Waals surface area contributed by atoms with Crippen molar-refractivity contribution < 1.29 is 23.8 Å². The number of amides is 2. The molecular formula is C32H38N4O5. The number of rotatable bonds is 5. The largest absolute Gasteiger partial charge is 0.477 e. The molecule has 0 bridgehead atoms. The topological polar surface area (TPSA) is 94.1 Å². The third-order valence-corrected chi connectivity index (χ3v) is 7.54. The van der Waals surface area contributed by atoms with Crippen molar-refractivity contribution in [3.05, 3.63) is 77.6 Å². The Morgan fingerprint density at radius 3 is 2.41 bits per heavy atom. The van der Waals surface area contributed by atoms with Crippen LogP contribution in [0.5, 0.6) is 5.88 Å². The van der Waals surface area contributed by atoms with E-state index in [9.17, 15) is 9.59 Å². The zero-order valence-electron chi connectivity index (χ0n) is 24.3. The zero-order valence-corrected chi connectivity index (χ0v) is 24.3. The van der Waals surface area contributed by atoms with Crippen LogP contribution in [0.25, 0.3) is 11.3 Å². The first-order valence-electron chi connectivity index (χ1n) is 14.2. The predicted molar refractivity (Wildman–Crippen MR) is 154 cm³/mol. The SMILES string of the molecule is CCOc1ncccc1-c1ccc2c(n1)CN(C(=O)OCc1ccccc1)CC21CCN(C(=O)OC(C)(C)C)CC1. The second kappa shape index (κ2) is 11.8. The van der Waals surface area contributed by atoms with Crippen molar-refractivity contribution in [2.24, 2.45) is 0 Å². The van der Waals surface area contributed by atoms with Crippen LogP contribution in [0.1, 0.15) is 57.4 Å². The number of hydrogen-bond acceptors (Lipinski definition) is 7. The van der Waals surface area contributed by atoms with Gasteiger partial charge < -0.3 is 24.0 Å². The van der Waals surface area contributed by atoms with Crippen LogP contribution in [0.4, 0.5) is 9.59 Å². The predicted octanol–water partition coefficient (Wildman–Crippen LogP) is 5.96. The minimum Gasteiger partial charge on any atom is -0.477 e. The summed E-state index contributed by atoms with van der Waals surface area (Å²) in [6, 6.07) is 17.6. The normalized spacial score (nSPS) is 16.2. The maximum atomic E-state index is 13.4. The number of aromatic nitrogens is 2. The zero-order chi connectivity index (χ0) is 29.0. The first-order chi connectivity index (χ1) is 19.7. The quantitative estimate of drug-likeness (QED) is 0.381. The van der Waals surface area contributed by atoms with E-state index in [0.29, 0.717) is 51.5 Å². The van der Waals surface area contributed by atoms with Crippen LogP contribution in [0.15, 0.2) is 60.8 Å². The number of benzene rings is 1. The second-order valence-corrected chi connectivity index (χ2v) is 11.6. The average molecular weight is 559 g/mol. The number of hydrogen-bond donors (Lipinski definition) is 0. The molecule has 0 unspecified atom stereocenters. The lowest BCUT2D eigenvalue weighted by molar-refractivity contribution is 0.0114. The Labute approximate surface area is 241 Å². The molecule has 9 nitrogen and oxygen atoms in total. The molecule has 4 heterocycles. The highest BCUT2D eigenvalue weighted by molar-refractivity contribution is 5.70. The number of carbonyl (C=O) groups is 2. The van der Waals surface area contributed by atoms with E-state index in [1.54, 1.807) is 16.0 Å². The number of carbonyl (C=O) groups excluding carboxylic acids is 2. The standard InChI is InChI=1S/C32H38N4O5/c1-5-39-28-24(12-9-17-33-28)26-14-13-25-27(34-26)20-36(29(37)40-21-23-10-7-6-8-11-23)22-32(25)15-18-35(19-16-32)30(38)41-31(2,3)4/h6-14,17H,5,15-16,18-22H2,1-4H3. The molecule has 2 amide bonds. The Morgan fingerprint density at radius 1 is 0.951 bits per heavy atom. The van der Waals surface area contributed by atoms with E-state index >= 15 is 0 Å². The fraction of sp³-hybridized carbons (Fsp3) is 0.438. The third kappa shape index (κ3) is 6.45. The Balaban J connectivity index is 1.43. The van der Waals surface area contributed by atoms with Crippen molar-refractivity contribution in [3.63, 3.8) is 0 Å². The van der Waals surface area contributed by atoms with Gasteiger partial charge in [0.25, 0.3) is 0 Å². The summed E-state index contributed by atoms with van der Waals surface area (Å²) in [5.41, 5.74) is 3.48. The van der Waals surface area contributed by atoms with Crippen molar-refractivity contribution in [2.75, 3.05) is 26.2 Å². The van der Waals surface area contributed by atoms with Crippen molar-refractivity contribution in [1.82, 2.24) is 19.8 Å². The highest BCUT2D eigenvalue weighted by Crippen LogP contribution is 2.43. The molecule has 2 aliphatic rings. The van der Waals surface area contributed by atoms with Crippen LogP contribution in [-0.2, 0) is 28.0 Å². The molecule has 1 fully saturated rings. The van der Waals surface area contributed by atoms with Crippen LogP contribution in [0.2, 0.25) is 0 Å². The molecule has 0 saturated carbocycles. The van der Waals surface area contributed by atoms with E-state index < -0.39 is 5.60 Å². The van der Waals surface area contributed by atoms with Gasteiger partial charge in [0.15, 0.2) is 0 Å². The molecule has 0 N–H and O–H groups in total. The van der Waals surface area contributed by atoms with Crippen molar-refractivity contribution in [3.8, 4) is 17.1 Å². The first kappa shape index (κ1) is 28.4. The lowest BCUT2D eigenvalue weighted by Gasteiger charge is -2.47. The van der Waals surface area contributed by atoms with Crippen molar-refractivity contribution in [1.29, 1.82) is 0 Å². The van der Waals surface area contributed by atoms with Crippen molar-refractivity contribution >= 4 is 12.2 Å². The molecule has 2 aliphatic heterocycles. The molecule has 5 rings (SSSR count). The summed E-state index contributed by atoms with van der Waals surface area (Å²) in [6.45, 7) is 10.1. The van der Waals surface area contributed by atoms with Gasteiger partial charge in [-0.1, -0.05) is 36.4 Å². The van der Waals surface area contributed by atoms with Crippen LogP contribution >= 0.6 is 0 Å². The van der Waals surface area contributed by atoms with E-state index in [2.05, 4.69) is 11.1 Å². The highest BCUT2D eigenvalue weighted by Gasteiger charge is 2.45. The van der Waals surface area contributed by atoms with Gasteiger partial charge in [0.2, 0.25) is 5.88 Å². The smallest absolute Gasteiger partial charge is 0.410 e. The summed E-state index contributed by atoms with van der Waals surface area (Å²) in [4.78, 5) is 39.1. The number of likely N-dealkylation sites (tertiary alicyclic amines) is 1. The van der Waals surface area contributed by atoms with Crippen LogP contribution in [0.3, 0.4) is 0 Å². The maximum absolute atomic E-state index is 13.4. The minimum atomic E-state index is -0.560. The van der Waals surface area contributed by atoms with E-state index in [-0.39, 0.29) is 24.2 Å². The Bertz CT molecular complexity index is 1380. The van der Waals surface area contributed by atoms with E-state index in [4.69, 9.17) is 19.2 Å². The summed E-state index contributed by atoms with van der Waals surface area (Å²) < 4.78 is 17.1. The van der Waals surface area contributed by atoms with Gasteiger partial charge in [-0.2, -0.15) is 0 Å². The van der Waals surface area contributed by atoms with Gasteiger partial charge in [0, 0.05) is 31.2 Å². The number of ether oxygens (including phenoxy) is 3. The fourth-order valence-electron chi connectivity index (χ4n) is 5.59. The van der Waals surface area contributed by atoms with Crippen molar-refractivity contribution in [2.45, 2.75) is 64.7 Å². The summed E-state index contributed by atoms with van der Waals surface area (Å²) in [7, 11) is 0. The van der Waals surface area contributed by atoms with E-state index in [0.717, 1.165) is 28.1 Å². The summed E-state index contributed by atoms with van der Waals surface area (Å²) in [5.74, 6) is 0.526. The summed E-state index contributed by atoms with van der Waals surface area (Å²) in [6.07, 6.45) is 2.37. The fourth-order valence-corrected chi connectivity index (χ4v) is 5.59. The molecule has 0 radical (unpaired) electrons. The molecule has 1 saturated heterocycles. The van der Waals surface area contributed by atoms with Crippen LogP contribution in [-0.4, -0.2) is 63.8 Å². The Kier molecular flexibility index (Phi) is 8.15. The number of nitrogens with zero attached hydrogens (tertiary/aromatic N) is 4. The van der Waals surface area contributed by atoms with Gasteiger partial charge in [-0.25, -0.2) is 14.6 Å². The molecule has 2 aromatic heterocycles. The number of piperidine rings is 1. The number of pyridine rings is 2. The van der Waals surface area contributed by atoms with Crippen LogP contribution in [0, 0.1) is 0 Å². The average Bonchev–Trinajstić information content (AvgIpc) is 2.96. The second-order valence-electron chi connectivity index (χ2n) is 11.6. The first-order valence-corrected chi connectivity index (χ1v) is 14.2. The van der Waals surface area contributed by atoms with Gasteiger partial charge in [-0.3, -0.25) is 4.98 Å². The molecule has 0 aliphatic carbocycles. The lowest BCUT2D eigenvalue weighted by atomic mass is 9.70. The summed E-state index contributed by atoms with van der Waals surface area (Å²) in [5, 5.41) is 0. The number of fused-ring (bicyclic) bond motifs is 2. The van der Waals surface area contributed by atoms with Gasteiger partial charge in [0.1, 0.15) is 12.2 Å².